The van der Waals surface area contributed by atoms with Gasteiger partial charge in [0.05, 0.1) is 11.6 Å². The number of rotatable bonds is 1. The number of nitrogens with zero attached hydrogens (tertiary/aromatic N) is 3. The highest BCUT2D eigenvalue weighted by molar-refractivity contribution is 5.93. The summed E-state index contributed by atoms with van der Waals surface area (Å²) >= 11 is 0. The van der Waals surface area contributed by atoms with Crippen LogP contribution in [0.15, 0.2) is 18.3 Å². The first-order valence-electron chi connectivity index (χ1n) is 5.38. The topological polar surface area (TPSA) is 36.4 Å². The van der Waals surface area contributed by atoms with Gasteiger partial charge in [0, 0.05) is 19.8 Å². The van der Waals surface area contributed by atoms with Crippen LogP contribution in [0.1, 0.15) is 12.5 Å². The second-order valence-corrected chi connectivity index (χ2v) is 4.28. The third-order valence-electron chi connectivity index (χ3n) is 2.83. The first-order chi connectivity index (χ1) is 8.30. The van der Waals surface area contributed by atoms with Crippen molar-refractivity contribution in [3.8, 4) is 0 Å². The van der Waals surface area contributed by atoms with E-state index in [4.69, 9.17) is 0 Å². The van der Waals surface area contributed by atoms with Gasteiger partial charge in [0.1, 0.15) is 5.82 Å². The number of hydrogen-bond donors (Lipinski definition) is 0. The number of urea groups is 1. The average Bonchev–Trinajstić information content (AvgIpc) is 2.52. The minimum Gasteiger partial charge on any atom is -0.325 e. The quantitative estimate of drug-likeness (QED) is 0.776. The fraction of sp³-hybridized carbons (Fsp3) is 0.455. The van der Waals surface area contributed by atoms with Crippen LogP contribution in [0.4, 0.5) is 23.8 Å². The fourth-order valence-corrected chi connectivity index (χ4v) is 1.98. The molecule has 0 saturated carbocycles. The van der Waals surface area contributed by atoms with Crippen LogP contribution in [-0.2, 0) is 6.18 Å². The van der Waals surface area contributed by atoms with Crippen molar-refractivity contribution < 1.29 is 18.0 Å². The van der Waals surface area contributed by atoms with Crippen molar-refractivity contribution >= 4 is 11.8 Å². The number of pyridine rings is 1. The van der Waals surface area contributed by atoms with Gasteiger partial charge < -0.3 is 4.90 Å². The van der Waals surface area contributed by atoms with Crippen molar-refractivity contribution in [3.63, 3.8) is 0 Å². The van der Waals surface area contributed by atoms with Crippen LogP contribution in [0.3, 0.4) is 0 Å². The zero-order valence-electron chi connectivity index (χ0n) is 9.90. The number of carbonyl (C=O) groups is 1. The van der Waals surface area contributed by atoms with Gasteiger partial charge in [0.15, 0.2) is 0 Å². The van der Waals surface area contributed by atoms with E-state index >= 15 is 0 Å². The maximum atomic E-state index is 12.6. The van der Waals surface area contributed by atoms with E-state index in [1.807, 2.05) is 0 Å². The molecule has 18 heavy (non-hydrogen) atoms. The molecule has 1 aromatic rings. The molecule has 1 aliphatic heterocycles. The highest BCUT2D eigenvalue weighted by Gasteiger charge is 2.36. The van der Waals surface area contributed by atoms with E-state index in [2.05, 4.69) is 4.98 Å². The van der Waals surface area contributed by atoms with Gasteiger partial charge in [-0.25, -0.2) is 9.78 Å². The number of hydrogen-bond acceptors (Lipinski definition) is 2. The number of amides is 2. The van der Waals surface area contributed by atoms with Gasteiger partial charge in [0.25, 0.3) is 0 Å². The lowest BCUT2D eigenvalue weighted by Gasteiger charge is -2.20. The smallest absolute Gasteiger partial charge is 0.325 e. The molecule has 2 amide bonds. The van der Waals surface area contributed by atoms with E-state index in [-0.39, 0.29) is 17.9 Å². The zero-order chi connectivity index (χ0) is 13.5. The molecule has 0 N–H and O–H groups in total. The second-order valence-electron chi connectivity index (χ2n) is 4.28. The molecule has 1 aromatic heterocycles. The SMILES string of the molecule is CC1CN(C)C(=O)N1c1cc(C(F)(F)F)ccn1. The monoisotopic (exact) mass is 259 g/mol. The van der Waals surface area contributed by atoms with E-state index in [0.29, 0.717) is 6.54 Å². The molecule has 1 atom stereocenters. The Balaban J connectivity index is 2.37. The molecular formula is C11H12F3N3O. The van der Waals surface area contributed by atoms with Crippen molar-refractivity contribution in [2.45, 2.75) is 19.1 Å². The summed E-state index contributed by atoms with van der Waals surface area (Å²) in [6.07, 6.45) is -3.37. The van der Waals surface area contributed by atoms with Crippen LogP contribution in [0, 0.1) is 0 Å². The lowest BCUT2D eigenvalue weighted by atomic mass is 10.2. The molecule has 1 unspecified atom stereocenters. The molecule has 0 aromatic carbocycles. The van der Waals surface area contributed by atoms with Gasteiger partial charge >= 0.3 is 12.2 Å². The molecule has 4 nitrogen and oxygen atoms in total. The highest BCUT2D eigenvalue weighted by atomic mass is 19.4. The third-order valence-corrected chi connectivity index (χ3v) is 2.83. The van der Waals surface area contributed by atoms with E-state index < -0.39 is 11.7 Å². The predicted octanol–water partition coefficient (Wildman–Crippen LogP) is 2.36. The summed E-state index contributed by atoms with van der Waals surface area (Å²) in [6.45, 7) is 2.24. The number of alkyl halides is 3. The molecule has 0 spiro atoms. The largest absolute Gasteiger partial charge is 0.416 e. The van der Waals surface area contributed by atoms with Crippen LogP contribution < -0.4 is 4.90 Å². The summed E-state index contributed by atoms with van der Waals surface area (Å²) in [5.74, 6) is 0.0340. The average molecular weight is 259 g/mol. The minimum absolute atomic E-state index is 0.0340. The minimum atomic E-state index is -4.43. The summed E-state index contributed by atoms with van der Waals surface area (Å²) in [5, 5.41) is 0. The Bertz CT molecular complexity index is 475. The van der Waals surface area contributed by atoms with Gasteiger partial charge in [0.2, 0.25) is 0 Å². The van der Waals surface area contributed by atoms with Gasteiger partial charge in [-0.05, 0) is 19.1 Å². The predicted molar refractivity (Wildman–Crippen MR) is 59.2 cm³/mol. The number of anilines is 1. The first kappa shape index (κ1) is 12.7. The summed E-state index contributed by atoms with van der Waals surface area (Å²) in [6, 6.07) is 1.25. The van der Waals surface area contributed by atoms with Gasteiger partial charge in [-0.1, -0.05) is 0 Å². The number of likely N-dealkylation sites (N-methyl/N-ethyl adjacent to an activating group) is 1. The first-order valence-corrected chi connectivity index (χ1v) is 5.38. The maximum Gasteiger partial charge on any atom is 0.416 e. The number of aromatic nitrogens is 1. The lowest BCUT2D eigenvalue weighted by molar-refractivity contribution is -0.137. The molecule has 1 fully saturated rings. The van der Waals surface area contributed by atoms with E-state index in [9.17, 15) is 18.0 Å². The third kappa shape index (κ3) is 2.12. The molecular weight excluding hydrogens is 247 g/mol. The van der Waals surface area contributed by atoms with Crippen molar-refractivity contribution in [1.82, 2.24) is 9.88 Å². The van der Waals surface area contributed by atoms with Crippen molar-refractivity contribution in [2.24, 2.45) is 0 Å². The Morgan fingerprint density at radius 1 is 1.44 bits per heavy atom. The fourth-order valence-electron chi connectivity index (χ4n) is 1.98. The highest BCUT2D eigenvalue weighted by Crippen LogP contribution is 2.32. The second kappa shape index (κ2) is 4.15. The van der Waals surface area contributed by atoms with Gasteiger partial charge in [-0.2, -0.15) is 13.2 Å². The van der Waals surface area contributed by atoms with Crippen LogP contribution in [-0.4, -0.2) is 35.5 Å². The van der Waals surface area contributed by atoms with Crippen LogP contribution in [0.5, 0.6) is 0 Å². The molecule has 0 radical (unpaired) electrons. The number of carbonyl (C=O) groups excluding carboxylic acids is 1. The van der Waals surface area contributed by atoms with Crippen LogP contribution >= 0.6 is 0 Å². The zero-order valence-corrected chi connectivity index (χ0v) is 9.90. The number of halogens is 3. The van der Waals surface area contributed by atoms with E-state index in [0.717, 1.165) is 18.3 Å². The molecule has 1 saturated heterocycles. The molecule has 2 heterocycles. The van der Waals surface area contributed by atoms with Gasteiger partial charge in [-0.15, -0.1) is 0 Å². The molecule has 98 valence electrons. The Morgan fingerprint density at radius 2 is 2.11 bits per heavy atom. The van der Waals surface area contributed by atoms with Crippen molar-refractivity contribution in [3.05, 3.63) is 23.9 Å². The molecule has 2 rings (SSSR count). The molecule has 7 heteroatoms. The summed E-state index contributed by atoms with van der Waals surface area (Å²) in [4.78, 5) is 18.4. The van der Waals surface area contributed by atoms with E-state index in [1.165, 1.54) is 9.80 Å². The lowest BCUT2D eigenvalue weighted by Crippen LogP contribution is -2.33. The summed E-state index contributed by atoms with van der Waals surface area (Å²) in [7, 11) is 1.60. The van der Waals surface area contributed by atoms with Gasteiger partial charge in [-0.3, -0.25) is 4.90 Å². The normalized spacial score (nSPS) is 20.7. The molecule has 1 aliphatic rings. The summed E-state index contributed by atoms with van der Waals surface area (Å²) in [5.41, 5.74) is -0.804. The Hall–Kier alpha value is -1.79. The van der Waals surface area contributed by atoms with E-state index in [1.54, 1.807) is 14.0 Å². The van der Waals surface area contributed by atoms with Crippen molar-refractivity contribution in [1.29, 1.82) is 0 Å². The van der Waals surface area contributed by atoms with Crippen LogP contribution in [0.2, 0.25) is 0 Å². The Morgan fingerprint density at radius 3 is 2.61 bits per heavy atom. The Kier molecular flexibility index (Phi) is 2.92. The summed E-state index contributed by atoms with van der Waals surface area (Å²) < 4.78 is 37.8. The van der Waals surface area contributed by atoms with Crippen LogP contribution in [0.25, 0.3) is 0 Å². The van der Waals surface area contributed by atoms with Crippen molar-refractivity contribution in [2.75, 3.05) is 18.5 Å². The molecule has 0 aliphatic carbocycles. The maximum absolute atomic E-state index is 12.6. The Labute approximate surface area is 102 Å². The standard InChI is InChI=1S/C11H12F3N3O/c1-7-6-16(2)10(18)17(7)9-5-8(3-4-15-9)11(12,13)14/h3-5,7H,6H2,1-2H3. The molecule has 0 bridgehead atoms.